The highest BCUT2D eigenvalue weighted by Gasteiger charge is 2.24. The van der Waals surface area contributed by atoms with E-state index in [2.05, 4.69) is 41.9 Å². The summed E-state index contributed by atoms with van der Waals surface area (Å²) in [5.41, 5.74) is 5.07. The Morgan fingerprint density at radius 1 is 1.03 bits per heavy atom. The number of ether oxygens (including phenoxy) is 4. The molecule has 0 unspecified atom stereocenters. The van der Waals surface area contributed by atoms with Gasteiger partial charge in [0.15, 0.2) is 17.1 Å². The molecule has 0 saturated carbocycles. The number of aryl methyl sites for hydroxylation is 2. The number of aromatic nitrogens is 4. The monoisotopic (exact) mass is 503 g/mol. The molecule has 1 saturated heterocycles. The number of hydrogen-bond acceptors (Lipinski definition) is 8. The molecule has 194 valence electrons. The Hall–Kier alpha value is -3.85. The van der Waals surface area contributed by atoms with Gasteiger partial charge in [-0.3, -0.25) is 0 Å². The highest BCUT2D eigenvalue weighted by molar-refractivity contribution is 5.88. The van der Waals surface area contributed by atoms with Crippen molar-refractivity contribution in [2.45, 2.75) is 39.3 Å². The van der Waals surface area contributed by atoms with Crippen molar-refractivity contribution in [3.63, 3.8) is 0 Å². The smallest absolute Gasteiger partial charge is 0.203 e. The molecule has 0 aliphatic carbocycles. The fraction of sp³-hybridized carbons (Fsp3) is 0.393. The molecule has 4 aromatic rings. The van der Waals surface area contributed by atoms with Crippen LogP contribution in [0.3, 0.4) is 0 Å². The summed E-state index contributed by atoms with van der Waals surface area (Å²) in [4.78, 5) is 11.6. The first kappa shape index (κ1) is 24.8. The van der Waals surface area contributed by atoms with Crippen LogP contribution in [0.2, 0.25) is 0 Å². The Kier molecular flexibility index (Phi) is 7.14. The van der Waals surface area contributed by atoms with Crippen LogP contribution in [0.1, 0.15) is 29.5 Å². The molecule has 2 aromatic carbocycles. The van der Waals surface area contributed by atoms with Gasteiger partial charge in [-0.05, 0) is 61.6 Å². The number of hydrogen-bond donors (Lipinski definition) is 0. The predicted octanol–water partition coefficient (Wildman–Crippen LogP) is 4.64. The number of rotatable bonds is 9. The van der Waals surface area contributed by atoms with Gasteiger partial charge in [0.1, 0.15) is 12.1 Å². The minimum atomic E-state index is 0.126. The largest absolute Gasteiger partial charge is 0.493 e. The molecule has 1 fully saturated rings. The number of benzene rings is 2. The van der Waals surface area contributed by atoms with Crippen molar-refractivity contribution in [3.8, 4) is 22.9 Å². The number of fused-ring (bicyclic) bond motifs is 1. The van der Waals surface area contributed by atoms with Crippen LogP contribution < -0.4 is 19.1 Å². The topological polar surface area (TPSA) is 83.8 Å². The molecule has 1 aliphatic rings. The van der Waals surface area contributed by atoms with E-state index in [0.29, 0.717) is 30.3 Å². The third-order valence-corrected chi connectivity index (χ3v) is 6.78. The lowest BCUT2D eigenvalue weighted by molar-refractivity contribution is 0.115. The standard InChI is InChI=1S/C28H33N5O4/c1-18-8-9-19(2)23(11-18)33-28-22(14-31-33)27(29-17-30-28)32(16-21-7-6-10-37-21)15-20-12-24(34-3)26(36-5)25(13-20)35-4/h8-9,11-14,17,21H,6-7,10,15-16H2,1-5H3/t21-/m0/s1. The summed E-state index contributed by atoms with van der Waals surface area (Å²) < 4.78 is 24.6. The van der Waals surface area contributed by atoms with Crippen molar-refractivity contribution in [1.29, 1.82) is 0 Å². The van der Waals surface area contributed by atoms with Crippen molar-refractivity contribution in [2.75, 3.05) is 39.4 Å². The third-order valence-electron chi connectivity index (χ3n) is 6.78. The summed E-state index contributed by atoms with van der Waals surface area (Å²) in [6, 6.07) is 10.3. The first-order valence-electron chi connectivity index (χ1n) is 12.4. The number of methoxy groups -OCH3 is 3. The molecular formula is C28H33N5O4. The summed E-state index contributed by atoms with van der Waals surface area (Å²) >= 11 is 0. The molecule has 9 heteroatoms. The Labute approximate surface area is 216 Å². The van der Waals surface area contributed by atoms with Crippen molar-refractivity contribution < 1.29 is 18.9 Å². The van der Waals surface area contributed by atoms with Crippen LogP contribution in [0, 0.1) is 13.8 Å². The average Bonchev–Trinajstić information content (AvgIpc) is 3.59. The molecule has 0 amide bonds. The Balaban J connectivity index is 1.58. The minimum Gasteiger partial charge on any atom is -0.493 e. The highest BCUT2D eigenvalue weighted by atomic mass is 16.5. The molecule has 0 N–H and O–H groups in total. The second kappa shape index (κ2) is 10.6. The predicted molar refractivity (Wildman–Crippen MR) is 142 cm³/mol. The van der Waals surface area contributed by atoms with Gasteiger partial charge in [-0.25, -0.2) is 14.6 Å². The highest BCUT2D eigenvalue weighted by Crippen LogP contribution is 2.39. The molecule has 0 spiro atoms. The van der Waals surface area contributed by atoms with Gasteiger partial charge in [-0.1, -0.05) is 12.1 Å². The van der Waals surface area contributed by atoms with Crippen LogP contribution in [0.4, 0.5) is 5.82 Å². The van der Waals surface area contributed by atoms with Gasteiger partial charge in [0.05, 0.1) is 44.7 Å². The molecule has 0 bridgehead atoms. The Morgan fingerprint density at radius 3 is 2.49 bits per heavy atom. The van der Waals surface area contributed by atoms with E-state index >= 15 is 0 Å². The van der Waals surface area contributed by atoms with E-state index in [-0.39, 0.29) is 6.10 Å². The second-order valence-corrected chi connectivity index (χ2v) is 9.33. The van der Waals surface area contributed by atoms with Crippen molar-refractivity contribution >= 4 is 16.9 Å². The normalized spacial score (nSPS) is 15.2. The van der Waals surface area contributed by atoms with Gasteiger partial charge in [0, 0.05) is 19.7 Å². The fourth-order valence-electron chi connectivity index (χ4n) is 4.91. The molecular weight excluding hydrogens is 470 g/mol. The zero-order valence-electron chi connectivity index (χ0n) is 22.0. The van der Waals surface area contributed by atoms with Crippen LogP contribution >= 0.6 is 0 Å². The van der Waals surface area contributed by atoms with Crippen LogP contribution in [0.5, 0.6) is 17.2 Å². The van der Waals surface area contributed by atoms with Gasteiger partial charge in [0.25, 0.3) is 0 Å². The van der Waals surface area contributed by atoms with E-state index in [1.807, 2.05) is 23.0 Å². The van der Waals surface area contributed by atoms with E-state index in [1.54, 1.807) is 27.7 Å². The van der Waals surface area contributed by atoms with Gasteiger partial charge >= 0.3 is 0 Å². The summed E-state index contributed by atoms with van der Waals surface area (Å²) in [6.45, 7) is 6.20. The summed E-state index contributed by atoms with van der Waals surface area (Å²) in [6.07, 6.45) is 5.66. The summed E-state index contributed by atoms with van der Waals surface area (Å²) in [5.74, 6) is 2.61. The SMILES string of the molecule is COc1cc(CN(C[C@@H]2CCCO2)c2ncnc3c2cnn3-c2cc(C)ccc2C)cc(OC)c1OC. The van der Waals surface area contributed by atoms with E-state index in [0.717, 1.165) is 53.1 Å². The Bertz CT molecular complexity index is 1370. The van der Waals surface area contributed by atoms with Gasteiger partial charge < -0.3 is 23.8 Å². The third kappa shape index (κ3) is 4.91. The summed E-state index contributed by atoms with van der Waals surface area (Å²) in [5, 5.41) is 5.61. The molecule has 3 heterocycles. The van der Waals surface area contributed by atoms with Gasteiger partial charge in [-0.15, -0.1) is 0 Å². The molecule has 5 rings (SSSR count). The van der Waals surface area contributed by atoms with Crippen LogP contribution in [-0.4, -0.2) is 60.3 Å². The van der Waals surface area contributed by atoms with Gasteiger partial charge in [0.2, 0.25) is 5.75 Å². The lowest BCUT2D eigenvalue weighted by atomic mass is 10.1. The number of nitrogens with zero attached hydrogens (tertiary/aromatic N) is 5. The zero-order chi connectivity index (χ0) is 25.9. The second-order valence-electron chi connectivity index (χ2n) is 9.33. The molecule has 1 aliphatic heterocycles. The lowest BCUT2D eigenvalue weighted by Gasteiger charge is -2.27. The van der Waals surface area contributed by atoms with E-state index in [4.69, 9.17) is 29.0 Å². The molecule has 1 atom stereocenters. The maximum absolute atomic E-state index is 6.01. The molecule has 2 aromatic heterocycles. The molecule has 9 nitrogen and oxygen atoms in total. The van der Waals surface area contributed by atoms with Gasteiger partial charge in [-0.2, -0.15) is 5.10 Å². The van der Waals surface area contributed by atoms with Crippen molar-refractivity contribution in [1.82, 2.24) is 19.7 Å². The lowest BCUT2D eigenvalue weighted by Crippen LogP contribution is -2.32. The minimum absolute atomic E-state index is 0.126. The van der Waals surface area contributed by atoms with Crippen molar-refractivity contribution in [2.24, 2.45) is 0 Å². The van der Waals surface area contributed by atoms with Crippen LogP contribution in [0.15, 0.2) is 42.9 Å². The number of anilines is 1. The quantitative estimate of drug-likeness (QED) is 0.327. The Morgan fingerprint density at radius 2 is 1.81 bits per heavy atom. The van der Waals surface area contributed by atoms with Crippen LogP contribution in [0.25, 0.3) is 16.7 Å². The van der Waals surface area contributed by atoms with Crippen LogP contribution in [-0.2, 0) is 11.3 Å². The zero-order valence-corrected chi connectivity index (χ0v) is 22.0. The van der Waals surface area contributed by atoms with E-state index in [9.17, 15) is 0 Å². The first-order valence-corrected chi connectivity index (χ1v) is 12.4. The fourth-order valence-corrected chi connectivity index (χ4v) is 4.91. The average molecular weight is 504 g/mol. The maximum atomic E-state index is 6.01. The maximum Gasteiger partial charge on any atom is 0.203 e. The van der Waals surface area contributed by atoms with E-state index < -0.39 is 0 Å². The first-order chi connectivity index (χ1) is 18.0. The molecule has 37 heavy (non-hydrogen) atoms. The van der Waals surface area contributed by atoms with E-state index in [1.165, 1.54) is 5.56 Å². The molecule has 0 radical (unpaired) electrons. The summed E-state index contributed by atoms with van der Waals surface area (Å²) in [7, 11) is 4.86. The van der Waals surface area contributed by atoms with Crippen molar-refractivity contribution in [3.05, 3.63) is 59.5 Å².